The molecule has 1 N–H and O–H groups in total. The summed E-state index contributed by atoms with van der Waals surface area (Å²) in [6.45, 7) is 2.11. The number of aromatic nitrogens is 1. The third-order valence-corrected chi connectivity index (χ3v) is 8.87. The third kappa shape index (κ3) is 3.02. The van der Waals surface area contributed by atoms with Gasteiger partial charge < -0.3 is 5.32 Å². The van der Waals surface area contributed by atoms with Gasteiger partial charge in [-0.25, -0.2) is 0 Å². The van der Waals surface area contributed by atoms with Crippen molar-refractivity contribution in [1.29, 1.82) is 0 Å². The van der Waals surface area contributed by atoms with Crippen molar-refractivity contribution in [2.75, 3.05) is 16.9 Å². The number of nitrogens with one attached hydrogen (secondary N) is 1. The molecule has 0 bridgehead atoms. The average Bonchev–Trinajstić information content (AvgIpc) is 3.53. The molecule has 3 aromatic rings. The van der Waals surface area contributed by atoms with E-state index >= 15 is 0 Å². The molecular weight excluding hydrogens is 466 g/mol. The molecule has 0 radical (unpaired) electrons. The highest BCUT2D eigenvalue weighted by Gasteiger charge is 2.69. The van der Waals surface area contributed by atoms with Gasteiger partial charge in [-0.15, -0.1) is 11.8 Å². The molecule has 1 aromatic heterocycles. The number of halogens is 1. The van der Waals surface area contributed by atoms with Crippen LogP contribution in [0.3, 0.4) is 0 Å². The number of aryl methyl sites for hydroxylation is 1. The first-order chi connectivity index (χ1) is 16.6. The number of carbonyl (C=O) groups is 2. The number of fused-ring (bicyclic) bond motifs is 4. The highest BCUT2D eigenvalue weighted by molar-refractivity contribution is 7.99. The molecule has 2 aromatic carbocycles. The van der Waals surface area contributed by atoms with Crippen LogP contribution in [0, 0.1) is 5.92 Å². The molecule has 1 amide bonds. The molecule has 4 atom stereocenters. The van der Waals surface area contributed by atoms with E-state index in [4.69, 9.17) is 11.6 Å². The number of hydrogen-bond acceptors (Lipinski definition) is 5. The van der Waals surface area contributed by atoms with Gasteiger partial charge in [0.15, 0.2) is 5.78 Å². The number of pyridine rings is 1. The van der Waals surface area contributed by atoms with Crippen LogP contribution < -0.4 is 5.32 Å². The fourth-order valence-electron chi connectivity index (χ4n) is 6.09. The summed E-state index contributed by atoms with van der Waals surface area (Å²) in [5.74, 6) is 0.676. The molecule has 6 rings (SSSR count). The van der Waals surface area contributed by atoms with Crippen LogP contribution in [0.4, 0.5) is 5.69 Å². The second-order valence-corrected chi connectivity index (χ2v) is 10.6. The van der Waals surface area contributed by atoms with E-state index in [2.05, 4.69) is 34.3 Å². The zero-order chi connectivity index (χ0) is 23.4. The fourth-order valence-corrected chi connectivity index (χ4v) is 7.54. The summed E-state index contributed by atoms with van der Waals surface area (Å²) in [7, 11) is 0. The van der Waals surface area contributed by atoms with Crippen LogP contribution in [0.5, 0.6) is 0 Å². The van der Waals surface area contributed by atoms with E-state index in [1.807, 2.05) is 42.1 Å². The van der Waals surface area contributed by atoms with Gasteiger partial charge in [-0.05, 0) is 47.9 Å². The lowest BCUT2D eigenvalue weighted by atomic mass is 9.69. The number of benzene rings is 2. The molecule has 3 aliphatic rings. The summed E-state index contributed by atoms with van der Waals surface area (Å²) in [4.78, 5) is 34.8. The van der Waals surface area contributed by atoms with E-state index in [0.29, 0.717) is 16.5 Å². The third-order valence-electron chi connectivity index (χ3n) is 7.58. The summed E-state index contributed by atoms with van der Waals surface area (Å²) >= 11 is 8.04. The van der Waals surface area contributed by atoms with E-state index in [-0.39, 0.29) is 23.7 Å². The van der Waals surface area contributed by atoms with E-state index in [1.54, 1.807) is 24.5 Å². The van der Waals surface area contributed by atoms with Crippen LogP contribution in [0.2, 0.25) is 5.02 Å². The number of amides is 1. The Morgan fingerprint density at radius 3 is 2.79 bits per heavy atom. The maximum absolute atomic E-state index is 14.3. The van der Waals surface area contributed by atoms with E-state index in [1.165, 1.54) is 0 Å². The van der Waals surface area contributed by atoms with Gasteiger partial charge in [0.2, 0.25) is 5.91 Å². The normalized spacial score (nSPS) is 27.6. The van der Waals surface area contributed by atoms with Crippen molar-refractivity contribution in [3.63, 3.8) is 0 Å². The zero-order valence-corrected chi connectivity index (χ0v) is 20.3. The molecule has 7 heteroatoms. The first-order valence-corrected chi connectivity index (χ1v) is 13.1. The number of ketones is 1. The lowest BCUT2D eigenvalue weighted by Gasteiger charge is -2.36. The Kier molecular flexibility index (Phi) is 5.28. The topological polar surface area (TPSA) is 62.3 Å². The Labute approximate surface area is 207 Å². The number of hydrogen-bond donors (Lipinski definition) is 1. The molecule has 2 saturated heterocycles. The molecule has 4 heterocycles. The predicted molar refractivity (Wildman–Crippen MR) is 135 cm³/mol. The second kappa shape index (κ2) is 8.22. The molecule has 1 spiro atoms. The van der Waals surface area contributed by atoms with E-state index in [0.717, 1.165) is 34.6 Å². The Hall–Kier alpha value is -2.67. The molecule has 5 nitrogen and oxygen atoms in total. The number of rotatable bonds is 4. The van der Waals surface area contributed by atoms with Crippen LogP contribution in [-0.4, -0.2) is 39.2 Å². The smallest absolute Gasteiger partial charge is 0.250 e. The van der Waals surface area contributed by atoms with Gasteiger partial charge in [-0.1, -0.05) is 42.8 Å². The van der Waals surface area contributed by atoms with Crippen LogP contribution in [0.25, 0.3) is 0 Å². The summed E-state index contributed by atoms with van der Waals surface area (Å²) in [5.41, 5.74) is 3.38. The summed E-state index contributed by atoms with van der Waals surface area (Å²) in [6.07, 6.45) is 4.14. The number of anilines is 1. The maximum Gasteiger partial charge on any atom is 0.250 e. The maximum atomic E-state index is 14.3. The largest absolute Gasteiger partial charge is 0.324 e. The van der Waals surface area contributed by atoms with Crippen molar-refractivity contribution in [1.82, 2.24) is 9.88 Å². The van der Waals surface area contributed by atoms with Gasteiger partial charge in [-0.3, -0.25) is 19.5 Å². The molecule has 0 aliphatic carbocycles. The molecule has 0 unspecified atom stereocenters. The first-order valence-electron chi connectivity index (χ1n) is 11.5. The van der Waals surface area contributed by atoms with Crippen molar-refractivity contribution in [2.45, 2.75) is 30.8 Å². The van der Waals surface area contributed by atoms with Gasteiger partial charge in [0, 0.05) is 57.8 Å². The quantitative estimate of drug-likeness (QED) is 0.515. The van der Waals surface area contributed by atoms with Crippen molar-refractivity contribution in [3.8, 4) is 0 Å². The Morgan fingerprint density at radius 2 is 2.06 bits per heavy atom. The Bertz CT molecular complexity index is 1280. The standard InChI is InChI=1S/C27H24ClN3O2S/c1-2-16-5-10-21-20(12-16)27(26(33)30-21)24(25(32)18-4-3-11-29-13-18)23(22-14-34-15-31(22)27)17-6-8-19(28)9-7-17/h3-13,22-24H,2,14-15H2,1H3,(H,30,33)/t22-,23-,24-,27-/m1/s1. The number of Topliss-reactive ketones (excluding diaryl/α,β-unsaturated/α-hetero) is 1. The Morgan fingerprint density at radius 1 is 1.24 bits per heavy atom. The van der Waals surface area contributed by atoms with Crippen molar-refractivity contribution in [2.24, 2.45) is 5.92 Å². The molecule has 0 saturated carbocycles. The van der Waals surface area contributed by atoms with Gasteiger partial charge in [-0.2, -0.15) is 0 Å². The monoisotopic (exact) mass is 489 g/mol. The predicted octanol–water partition coefficient (Wildman–Crippen LogP) is 5.12. The molecular formula is C27H24ClN3O2S. The minimum absolute atomic E-state index is 0.0441. The highest BCUT2D eigenvalue weighted by Crippen LogP contribution is 2.61. The van der Waals surface area contributed by atoms with Crippen LogP contribution in [-0.2, 0) is 16.8 Å². The first kappa shape index (κ1) is 21.8. The Balaban J connectivity index is 1.62. The van der Waals surface area contributed by atoms with Crippen molar-refractivity contribution in [3.05, 3.63) is 94.3 Å². The van der Waals surface area contributed by atoms with Gasteiger partial charge in [0.1, 0.15) is 5.54 Å². The SMILES string of the molecule is CCc1ccc2c(c1)[C@]1(C(=O)N2)[C@@H](C(=O)c2cccnc2)[C@H](c2ccc(Cl)cc2)[C@H]2CSCN21. The van der Waals surface area contributed by atoms with E-state index < -0.39 is 11.5 Å². The highest BCUT2D eigenvalue weighted by atomic mass is 35.5. The van der Waals surface area contributed by atoms with Crippen LogP contribution in [0.1, 0.15) is 39.9 Å². The lowest BCUT2D eigenvalue weighted by molar-refractivity contribution is -0.127. The molecule has 172 valence electrons. The number of carbonyl (C=O) groups excluding carboxylic acids is 2. The van der Waals surface area contributed by atoms with Crippen LogP contribution in [0.15, 0.2) is 67.0 Å². The minimum atomic E-state index is -1.06. The molecule has 2 fully saturated rings. The number of nitrogens with zero attached hydrogens (tertiary/aromatic N) is 2. The van der Waals surface area contributed by atoms with E-state index in [9.17, 15) is 9.59 Å². The van der Waals surface area contributed by atoms with Gasteiger partial charge >= 0.3 is 0 Å². The van der Waals surface area contributed by atoms with Crippen LogP contribution >= 0.6 is 23.4 Å². The number of thioether (sulfide) groups is 1. The van der Waals surface area contributed by atoms with Gasteiger partial charge in [0.25, 0.3) is 0 Å². The lowest BCUT2D eigenvalue weighted by Crippen LogP contribution is -2.52. The summed E-state index contributed by atoms with van der Waals surface area (Å²) in [6, 6.07) is 17.6. The summed E-state index contributed by atoms with van der Waals surface area (Å²) in [5, 5.41) is 3.79. The minimum Gasteiger partial charge on any atom is -0.324 e. The van der Waals surface area contributed by atoms with Crippen molar-refractivity contribution < 1.29 is 9.59 Å². The van der Waals surface area contributed by atoms with Crippen molar-refractivity contribution >= 4 is 40.7 Å². The van der Waals surface area contributed by atoms with Gasteiger partial charge in [0.05, 0.1) is 5.92 Å². The average molecular weight is 490 g/mol. The second-order valence-electron chi connectivity index (χ2n) is 9.15. The molecule has 34 heavy (non-hydrogen) atoms. The fraction of sp³-hybridized carbons (Fsp3) is 0.296. The summed E-state index contributed by atoms with van der Waals surface area (Å²) < 4.78 is 0. The molecule has 3 aliphatic heterocycles. The zero-order valence-electron chi connectivity index (χ0n) is 18.7.